The summed E-state index contributed by atoms with van der Waals surface area (Å²) in [6.45, 7) is 1.79. The first kappa shape index (κ1) is 31.3. The van der Waals surface area contributed by atoms with E-state index in [-0.39, 0.29) is 17.2 Å². The van der Waals surface area contributed by atoms with Crippen LogP contribution in [-0.2, 0) is 4.79 Å². The Bertz CT molecular complexity index is 2420. The number of benzene rings is 3. The van der Waals surface area contributed by atoms with E-state index in [9.17, 15) is 19.7 Å². The van der Waals surface area contributed by atoms with Crippen molar-refractivity contribution in [3.05, 3.63) is 137 Å². The van der Waals surface area contributed by atoms with Crippen molar-refractivity contribution in [1.29, 1.82) is 0 Å². The number of hydrogen-bond acceptors (Lipinski definition) is 11. The Morgan fingerprint density at radius 2 is 1.83 bits per heavy atom. The minimum Gasteiger partial charge on any atom is -0.450 e. The third-order valence-electron chi connectivity index (χ3n) is 7.65. The zero-order chi connectivity index (χ0) is 33.5. The quantitative estimate of drug-likeness (QED) is 0.147. The van der Waals surface area contributed by atoms with Crippen LogP contribution in [0.25, 0.3) is 16.3 Å². The summed E-state index contributed by atoms with van der Waals surface area (Å²) < 4.78 is 9.40. The molecule has 3 aromatic heterocycles. The fourth-order valence-electron chi connectivity index (χ4n) is 5.33. The van der Waals surface area contributed by atoms with Crippen molar-refractivity contribution in [1.82, 2.24) is 9.55 Å². The first-order chi connectivity index (χ1) is 23.1. The lowest BCUT2D eigenvalue weighted by Crippen LogP contribution is -2.40. The first-order valence-corrected chi connectivity index (χ1v) is 17.1. The number of para-hydroxylation sites is 1. The first-order valence-electron chi connectivity index (χ1n) is 14.6. The van der Waals surface area contributed by atoms with Gasteiger partial charge in [0.2, 0.25) is 0 Å². The van der Waals surface area contributed by atoms with Crippen molar-refractivity contribution in [2.45, 2.75) is 22.4 Å². The largest absolute Gasteiger partial charge is 0.450 e. The number of aromatic nitrogens is 2. The van der Waals surface area contributed by atoms with E-state index >= 15 is 0 Å². The lowest BCUT2D eigenvalue weighted by Gasteiger charge is -2.26. The number of fused-ring (bicyclic) bond motifs is 2. The molecule has 0 saturated heterocycles. The fourth-order valence-corrected chi connectivity index (χ4v) is 8.36. The van der Waals surface area contributed by atoms with Gasteiger partial charge in [0.05, 0.1) is 37.0 Å². The number of carbonyl (C=O) groups excluding carboxylic acids is 1. The van der Waals surface area contributed by atoms with Crippen molar-refractivity contribution in [2.75, 3.05) is 24.3 Å². The molecule has 0 saturated carbocycles. The van der Waals surface area contributed by atoms with Crippen LogP contribution < -0.4 is 25.1 Å². The summed E-state index contributed by atoms with van der Waals surface area (Å²) in [5.41, 5.74) is 3.69. The maximum atomic E-state index is 14.1. The van der Waals surface area contributed by atoms with Gasteiger partial charge in [-0.2, -0.15) is 0 Å². The van der Waals surface area contributed by atoms with Crippen LogP contribution in [0.1, 0.15) is 24.3 Å². The maximum Gasteiger partial charge on any atom is 0.271 e. The molecule has 1 aliphatic heterocycles. The van der Waals surface area contributed by atoms with Gasteiger partial charge in [-0.25, -0.2) is 9.98 Å². The molecule has 1 amide bonds. The third kappa shape index (κ3) is 6.08. The molecule has 1 aliphatic rings. The molecule has 7 rings (SSSR count). The number of hydrogen-bond donors (Lipinski definition) is 1. The summed E-state index contributed by atoms with van der Waals surface area (Å²) in [4.78, 5) is 50.4. The second-order valence-corrected chi connectivity index (χ2v) is 14.3. The second-order valence-electron chi connectivity index (χ2n) is 11.0. The number of rotatable bonds is 8. The van der Waals surface area contributed by atoms with Crippen LogP contribution in [0.5, 0.6) is 0 Å². The normalized spacial score (nSPS) is 14.6. The molecule has 0 aliphatic carbocycles. The summed E-state index contributed by atoms with van der Waals surface area (Å²) in [7, 11) is 3.90. The standard InChI is InChI=1S/C34H26N6O5S3/c1-19-29(31(41)36-21-7-5-4-6-8-21)30(20-9-11-22(12-10-20)38(2)3)39-32(42)27(46-33(39)35-19)18-24-14-16-28(45-24)48-34-37-25-15-13-23(40(43)44)17-26(25)47-34/h4-18,30H,1-3H3,(H,36,41)/b27-18-/t30-/m1/s1. The molecular weight excluding hydrogens is 669 g/mol. The lowest BCUT2D eigenvalue weighted by molar-refractivity contribution is -0.384. The van der Waals surface area contributed by atoms with E-state index in [1.165, 1.54) is 46.6 Å². The van der Waals surface area contributed by atoms with Gasteiger partial charge in [-0.3, -0.25) is 24.3 Å². The molecule has 0 fully saturated rings. The number of anilines is 2. The molecule has 0 radical (unpaired) electrons. The number of furan rings is 1. The number of nitrogens with one attached hydrogen (secondary N) is 1. The highest BCUT2D eigenvalue weighted by Crippen LogP contribution is 2.37. The summed E-state index contributed by atoms with van der Waals surface area (Å²) in [6, 6.07) is 24.4. The maximum absolute atomic E-state index is 14.1. The fraction of sp³-hybridized carbons (Fsp3) is 0.118. The Labute approximate surface area is 285 Å². The molecule has 0 bridgehead atoms. The lowest BCUT2D eigenvalue weighted by atomic mass is 9.95. The van der Waals surface area contributed by atoms with Crippen LogP contribution in [0.3, 0.4) is 0 Å². The number of thiazole rings is 2. The van der Waals surface area contributed by atoms with Crippen molar-refractivity contribution >= 4 is 73.7 Å². The molecule has 1 N–H and O–H groups in total. The van der Waals surface area contributed by atoms with Gasteiger partial charge in [0.1, 0.15) is 5.76 Å². The topological polar surface area (TPSA) is 136 Å². The van der Waals surface area contributed by atoms with Crippen LogP contribution in [0.4, 0.5) is 17.1 Å². The van der Waals surface area contributed by atoms with Crippen LogP contribution in [0.2, 0.25) is 0 Å². The Kier molecular flexibility index (Phi) is 8.29. The molecule has 14 heteroatoms. The number of carbonyl (C=O) groups is 1. The van der Waals surface area contributed by atoms with Crippen LogP contribution in [0.15, 0.2) is 120 Å². The molecule has 11 nitrogen and oxygen atoms in total. The van der Waals surface area contributed by atoms with Gasteiger partial charge in [0, 0.05) is 43.7 Å². The van der Waals surface area contributed by atoms with E-state index in [4.69, 9.17) is 9.41 Å². The highest BCUT2D eigenvalue weighted by atomic mass is 32.2. The minimum absolute atomic E-state index is 0.0106. The van der Waals surface area contributed by atoms with Crippen LogP contribution in [0, 0.1) is 10.1 Å². The Morgan fingerprint density at radius 3 is 2.56 bits per heavy atom. The summed E-state index contributed by atoms with van der Waals surface area (Å²) in [5, 5.41) is 14.7. The van der Waals surface area contributed by atoms with Gasteiger partial charge < -0.3 is 14.6 Å². The van der Waals surface area contributed by atoms with E-state index in [1.54, 1.807) is 35.8 Å². The van der Waals surface area contributed by atoms with Crippen molar-refractivity contribution in [3.63, 3.8) is 0 Å². The Morgan fingerprint density at radius 1 is 1.06 bits per heavy atom. The number of nitrogens with zero attached hydrogens (tertiary/aromatic N) is 5. The summed E-state index contributed by atoms with van der Waals surface area (Å²) >= 11 is 3.85. The molecule has 1 atom stereocenters. The number of non-ortho nitro benzene ring substituents is 1. The Balaban J connectivity index is 1.24. The van der Waals surface area contributed by atoms with Crippen LogP contribution in [-0.4, -0.2) is 34.5 Å². The zero-order valence-corrected chi connectivity index (χ0v) is 28.2. The van der Waals surface area contributed by atoms with Gasteiger partial charge in [-0.1, -0.05) is 41.7 Å². The number of nitro groups is 1. The van der Waals surface area contributed by atoms with Gasteiger partial charge in [-0.15, -0.1) is 11.3 Å². The van der Waals surface area contributed by atoms with Gasteiger partial charge in [0.15, 0.2) is 14.2 Å². The molecule has 6 aromatic rings. The minimum atomic E-state index is -0.707. The van der Waals surface area contributed by atoms with Crippen molar-refractivity contribution < 1.29 is 14.1 Å². The van der Waals surface area contributed by atoms with E-state index in [2.05, 4.69) is 10.3 Å². The van der Waals surface area contributed by atoms with E-state index < -0.39 is 11.0 Å². The number of nitro benzene ring substituents is 1. The highest BCUT2D eigenvalue weighted by Gasteiger charge is 2.32. The van der Waals surface area contributed by atoms with Crippen LogP contribution >= 0.6 is 34.4 Å². The second kappa shape index (κ2) is 12.7. The molecule has 48 heavy (non-hydrogen) atoms. The van der Waals surface area contributed by atoms with Crippen molar-refractivity contribution in [2.24, 2.45) is 4.99 Å². The molecule has 240 valence electrons. The number of amides is 1. The Hall–Kier alpha value is -5.31. The average molecular weight is 695 g/mol. The monoisotopic (exact) mass is 694 g/mol. The zero-order valence-electron chi connectivity index (χ0n) is 25.7. The van der Waals surface area contributed by atoms with E-state index in [1.807, 2.05) is 73.6 Å². The average Bonchev–Trinajstić information content (AvgIpc) is 3.77. The predicted octanol–water partition coefficient (Wildman–Crippen LogP) is 6.20. The summed E-state index contributed by atoms with van der Waals surface area (Å²) in [6.07, 6.45) is 1.67. The SMILES string of the molecule is CC1=C(C(=O)Nc2ccccc2)[C@@H](c2ccc(N(C)C)cc2)n2c(s/c(=C\c3ccc(Sc4nc5ccc([N+](=O)[O-])cc5s4)o3)c2=O)=N1. The van der Waals surface area contributed by atoms with Gasteiger partial charge >= 0.3 is 0 Å². The van der Waals surface area contributed by atoms with E-state index in [0.29, 0.717) is 51.7 Å². The van der Waals surface area contributed by atoms with Gasteiger partial charge in [0.25, 0.3) is 17.2 Å². The molecule has 4 heterocycles. The molecule has 0 unspecified atom stereocenters. The van der Waals surface area contributed by atoms with E-state index in [0.717, 1.165) is 11.3 Å². The predicted molar refractivity (Wildman–Crippen MR) is 189 cm³/mol. The van der Waals surface area contributed by atoms with Crippen molar-refractivity contribution in [3.8, 4) is 0 Å². The molecular formula is C34H26N6O5S3. The highest BCUT2D eigenvalue weighted by molar-refractivity contribution is 8.01. The smallest absolute Gasteiger partial charge is 0.271 e. The number of allylic oxidation sites excluding steroid dienone is 1. The molecule has 3 aromatic carbocycles. The van der Waals surface area contributed by atoms with Gasteiger partial charge in [-0.05, 0) is 66.7 Å². The molecule has 0 spiro atoms. The third-order valence-corrected chi connectivity index (χ3v) is 10.6. The summed E-state index contributed by atoms with van der Waals surface area (Å²) in [5.74, 6) is 0.125.